The normalized spacial score (nSPS) is 20.3. The second kappa shape index (κ2) is 7.09. The number of rotatable bonds is 2. The third-order valence-electron chi connectivity index (χ3n) is 4.02. The molecule has 114 valence electrons. The summed E-state index contributed by atoms with van der Waals surface area (Å²) < 4.78 is 4.86. The monoisotopic (exact) mass is 296 g/mol. The van der Waals surface area contributed by atoms with Gasteiger partial charge in [-0.3, -0.25) is 4.79 Å². The van der Waals surface area contributed by atoms with Gasteiger partial charge in [-0.15, -0.1) is 0 Å². The molecule has 0 radical (unpaired) electrons. The summed E-state index contributed by atoms with van der Waals surface area (Å²) in [5.74, 6) is 2.34. The standard InChI is InChI=1S/C19H20O3/c1-19(2)13-8-12-17(20)16(19)11-6-7-14-22-18(21)15-9-4-3-5-10-15/h3-6,9-11,16H,8,12-13H2,1-2H3. The molecule has 0 aromatic heterocycles. The van der Waals surface area contributed by atoms with E-state index < -0.39 is 5.97 Å². The molecule has 0 N–H and O–H groups in total. The van der Waals surface area contributed by atoms with E-state index in [1.807, 2.05) is 12.1 Å². The topological polar surface area (TPSA) is 43.4 Å². The fourth-order valence-corrected chi connectivity index (χ4v) is 2.72. The quantitative estimate of drug-likeness (QED) is 0.616. The molecule has 1 aromatic rings. The molecule has 1 aliphatic carbocycles. The van der Waals surface area contributed by atoms with Crippen molar-refractivity contribution >= 4 is 11.8 Å². The van der Waals surface area contributed by atoms with Crippen molar-refractivity contribution in [3.8, 4) is 12.0 Å². The summed E-state index contributed by atoms with van der Waals surface area (Å²) in [6.45, 7) is 4.20. The molecule has 0 bridgehead atoms. The van der Waals surface area contributed by atoms with Gasteiger partial charge in [-0.25, -0.2) is 4.79 Å². The number of allylic oxidation sites excluding steroid dienone is 2. The zero-order valence-corrected chi connectivity index (χ0v) is 13.0. The highest BCUT2D eigenvalue weighted by Gasteiger charge is 2.35. The van der Waals surface area contributed by atoms with Crippen molar-refractivity contribution in [3.63, 3.8) is 0 Å². The summed E-state index contributed by atoms with van der Waals surface area (Å²) >= 11 is 0. The highest BCUT2D eigenvalue weighted by Crippen LogP contribution is 2.39. The first kappa shape index (κ1) is 16.0. The van der Waals surface area contributed by atoms with E-state index in [4.69, 9.17) is 4.74 Å². The van der Waals surface area contributed by atoms with Gasteiger partial charge in [-0.05, 0) is 42.4 Å². The Morgan fingerprint density at radius 2 is 2.05 bits per heavy atom. The number of hydrogen-bond donors (Lipinski definition) is 0. The van der Waals surface area contributed by atoms with Crippen LogP contribution >= 0.6 is 0 Å². The predicted octanol–water partition coefficient (Wildman–Crippen LogP) is 3.76. The van der Waals surface area contributed by atoms with Gasteiger partial charge in [0, 0.05) is 12.3 Å². The Kier molecular flexibility index (Phi) is 5.16. The molecule has 22 heavy (non-hydrogen) atoms. The highest BCUT2D eigenvalue weighted by molar-refractivity contribution is 5.90. The van der Waals surface area contributed by atoms with Gasteiger partial charge in [0.1, 0.15) is 11.9 Å². The first-order valence-electron chi connectivity index (χ1n) is 7.47. The molecule has 1 fully saturated rings. The molecule has 3 nitrogen and oxygen atoms in total. The maximum atomic E-state index is 12.0. The zero-order valence-electron chi connectivity index (χ0n) is 13.0. The lowest BCUT2D eigenvalue weighted by Crippen LogP contribution is -2.33. The van der Waals surface area contributed by atoms with Gasteiger partial charge < -0.3 is 4.74 Å². The van der Waals surface area contributed by atoms with Crippen molar-refractivity contribution in [1.82, 2.24) is 0 Å². The zero-order chi connectivity index (χ0) is 16.0. The third kappa shape index (κ3) is 4.08. The summed E-state index contributed by atoms with van der Waals surface area (Å²) in [6, 6.07) is 8.70. The van der Waals surface area contributed by atoms with Crippen LogP contribution in [0.1, 0.15) is 43.5 Å². The Bertz CT molecular complexity index is 630. The molecule has 0 saturated heterocycles. The van der Waals surface area contributed by atoms with Gasteiger partial charge in [0.2, 0.25) is 0 Å². The number of carbonyl (C=O) groups excluding carboxylic acids is 2. The Morgan fingerprint density at radius 1 is 1.32 bits per heavy atom. The van der Waals surface area contributed by atoms with Crippen molar-refractivity contribution in [1.29, 1.82) is 0 Å². The summed E-state index contributed by atoms with van der Waals surface area (Å²) in [6.07, 6.45) is 8.42. The summed E-state index contributed by atoms with van der Waals surface area (Å²) in [5, 5.41) is 0. The van der Waals surface area contributed by atoms with Crippen LogP contribution in [0.2, 0.25) is 0 Å². The van der Waals surface area contributed by atoms with Crippen LogP contribution in [0.25, 0.3) is 0 Å². The average molecular weight is 296 g/mol. The van der Waals surface area contributed by atoms with Crippen LogP contribution in [-0.2, 0) is 9.53 Å². The Balaban J connectivity index is 1.93. The van der Waals surface area contributed by atoms with Crippen molar-refractivity contribution in [3.05, 3.63) is 48.0 Å². The molecule has 1 saturated carbocycles. The SMILES string of the molecule is CC1(C)CCCC(=O)C1C=CC#COC(=O)c1ccccc1. The fourth-order valence-electron chi connectivity index (χ4n) is 2.72. The van der Waals surface area contributed by atoms with Gasteiger partial charge in [0.05, 0.1) is 5.56 Å². The van der Waals surface area contributed by atoms with Crippen LogP contribution in [0.15, 0.2) is 42.5 Å². The first-order valence-corrected chi connectivity index (χ1v) is 7.47. The van der Waals surface area contributed by atoms with Crippen molar-refractivity contribution in [2.45, 2.75) is 33.1 Å². The molecule has 3 heteroatoms. The molecule has 1 atom stereocenters. The summed E-state index contributed by atoms with van der Waals surface area (Å²) in [7, 11) is 0. The minimum Gasteiger partial charge on any atom is -0.368 e. The number of benzene rings is 1. The molecular formula is C19H20O3. The summed E-state index contributed by atoms with van der Waals surface area (Å²) in [5.41, 5.74) is 0.429. The van der Waals surface area contributed by atoms with E-state index in [1.165, 1.54) is 0 Å². The van der Waals surface area contributed by atoms with E-state index in [0.29, 0.717) is 12.0 Å². The van der Waals surface area contributed by atoms with E-state index in [9.17, 15) is 9.59 Å². The number of ether oxygens (including phenoxy) is 1. The van der Waals surface area contributed by atoms with Crippen LogP contribution in [0.4, 0.5) is 0 Å². The second-order valence-electron chi connectivity index (χ2n) is 6.15. The molecular weight excluding hydrogens is 276 g/mol. The van der Waals surface area contributed by atoms with Gasteiger partial charge in [-0.2, -0.15) is 0 Å². The fraction of sp³-hybridized carbons (Fsp3) is 0.368. The van der Waals surface area contributed by atoms with Crippen molar-refractivity contribution in [2.75, 3.05) is 0 Å². The van der Waals surface area contributed by atoms with Gasteiger partial charge >= 0.3 is 5.97 Å². The number of esters is 1. The minimum absolute atomic E-state index is 0.0335. The molecule has 0 heterocycles. The molecule has 0 amide bonds. The second-order valence-corrected chi connectivity index (χ2v) is 6.15. The molecule has 0 spiro atoms. The highest BCUT2D eigenvalue weighted by atomic mass is 16.5. The Labute approximate surface area is 131 Å². The van der Waals surface area contributed by atoms with Crippen LogP contribution < -0.4 is 0 Å². The van der Waals surface area contributed by atoms with Crippen LogP contribution in [-0.4, -0.2) is 11.8 Å². The molecule has 2 rings (SSSR count). The minimum atomic E-state index is -0.476. The number of Topliss-reactive ketones (excluding diaryl/α,β-unsaturated/α-hetero) is 1. The first-order chi connectivity index (χ1) is 10.5. The maximum absolute atomic E-state index is 12.0. The van der Waals surface area contributed by atoms with Gasteiger partial charge in [0.25, 0.3) is 0 Å². The van der Waals surface area contributed by atoms with Crippen molar-refractivity contribution in [2.24, 2.45) is 11.3 Å². The average Bonchev–Trinajstić information content (AvgIpc) is 2.49. The lowest BCUT2D eigenvalue weighted by Gasteiger charge is -2.35. The Hall–Kier alpha value is -2.34. The number of carbonyl (C=O) groups is 2. The molecule has 0 aliphatic heterocycles. The van der Waals surface area contributed by atoms with Gasteiger partial charge in [-0.1, -0.05) is 38.1 Å². The molecule has 1 aliphatic rings. The van der Waals surface area contributed by atoms with Crippen molar-refractivity contribution < 1.29 is 14.3 Å². The smallest absolute Gasteiger partial charge is 0.352 e. The van der Waals surface area contributed by atoms with E-state index in [2.05, 4.69) is 25.9 Å². The van der Waals surface area contributed by atoms with Crippen LogP contribution in [0.3, 0.4) is 0 Å². The third-order valence-corrected chi connectivity index (χ3v) is 4.02. The summed E-state index contributed by atoms with van der Waals surface area (Å²) in [4.78, 5) is 23.6. The van der Waals surface area contributed by atoms with Gasteiger partial charge in [0.15, 0.2) is 0 Å². The van der Waals surface area contributed by atoms with E-state index in [0.717, 1.165) is 12.8 Å². The van der Waals surface area contributed by atoms with Crippen LogP contribution in [0.5, 0.6) is 0 Å². The molecule has 1 unspecified atom stereocenters. The van der Waals surface area contributed by atoms with E-state index >= 15 is 0 Å². The number of ketones is 1. The largest absolute Gasteiger partial charge is 0.368 e. The van der Waals surface area contributed by atoms with Crippen LogP contribution in [0, 0.1) is 23.4 Å². The maximum Gasteiger partial charge on any atom is 0.352 e. The Morgan fingerprint density at radius 3 is 2.73 bits per heavy atom. The van der Waals surface area contributed by atoms with E-state index in [-0.39, 0.29) is 17.1 Å². The predicted molar refractivity (Wildman–Crippen MR) is 84.9 cm³/mol. The lowest BCUT2D eigenvalue weighted by atomic mass is 9.68. The molecule has 1 aromatic carbocycles. The number of hydrogen-bond acceptors (Lipinski definition) is 3. The lowest BCUT2D eigenvalue weighted by molar-refractivity contribution is -0.127. The van der Waals surface area contributed by atoms with E-state index in [1.54, 1.807) is 30.3 Å².